The van der Waals surface area contributed by atoms with Crippen LogP contribution in [-0.4, -0.2) is 34.6 Å². The number of para-hydroxylation sites is 1. The van der Waals surface area contributed by atoms with Gasteiger partial charge in [-0.15, -0.1) is 0 Å². The predicted octanol–water partition coefficient (Wildman–Crippen LogP) is 1.47. The fraction of sp³-hybridized carbons (Fsp3) is 0.278. The van der Waals surface area contributed by atoms with E-state index in [1.54, 1.807) is 19.2 Å². The summed E-state index contributed by atoms with van der Waals surface area (Å²) in [7, 11) is -1.97. The first-order valence-electron chi connectivity index (χ1n) is 8.23. The molecule has 0 heterocycles. The van der Waals surface area contributed by atoms with Gasteiger partial charge in [0, 0.05) is 20.1 Å². The number of nitrogens with one attached hydrogen (secondary N) is 2. The molecule has 26 heavy (non-hydrogen) atoms. The van der Waals surface area contributed by atoms with Gasteiger partial charge in [-0.05, 0) is 36.2 Å². The van der Waals surface area contributed by atoms with Crippen molar-refractivity contribution in [1.29, 1.82) is 0 Å². The zero-order valence-electron chi connectivity index (χ0n) is 14.7. The maximum absolute atomic E-state index is 11.2. The lowest BCUT2D eigenvalue weighted by Crippen LogP contribution is -2.37. The van der Waals surface area contributed by atoms with Gasteiger partial charge in [0.25, 0.3) is 0 Å². The third-order valence-electron chi connectivity index (χ3n) is 3.56. The average molecular weight is 376 g/mol. The molecule has 0 aliphatic rings. The fourth-order valence-electron chi connectivity index (χ4n) is 2.19. The summed E-state index contributed by atoms with van der Waals surface area (Å²) in [6, 6.07) is 16.1. The van der Waals surface area contributed by atoms with Crippen molar-refractivity contribution in [2.75, 3.05) is 20.2 Å². The molecule has 0 saturated carbocycles. The van der Waals surface area contributed by atoms with Crippen molar-refractivity contribution < 1.29 is 13.2 Å². The van der Waals surface area contributed by atoms with E-state index < -0.39 is 10.0 Å². The van der Waals surface area contributed by atoms with E-state index in [0.29, 0.717) is 19.1 Å². The highest BCUT2D eigenvalue weighted by Gasteiger charge is 2.06. The van der Waals surface area contributed by atoms with Crippen LogP contribution in [0.5, 0.6) is 5.75 Å². The van der Waals surface area contributed by atoms with Crippen molar-refractivity contribution in [3.63, 3.8) is 0 Å². The Morgan fingerprint density at radius 2 is 1.77 bits per heavy atom. The molecule has 7 nitrogen and oxygen atoms in total. The highest BCUT2D eigenvalue weighted by molar-refractivity contribution is 7.89. The minimum Gasteiger partial charge on any atom is -0.494 e. The topological polar surface area (TPSA) is 106 Å². The average Bonchev–Trinajstić information content (AvgIpc) is 2.64. The Balaban J connectivity index is 1.69. The number of hydrogen-bond donors (Lipinski definition) is 3. The van der Waals surface area contributed by atoms with E-state index in [2.05, 4.69) is 15.6 Å². The summed E-state index contributed by atoms with van der Waals surface area (Å²) < 4.78 is 28.1. The van der Waals surface area contributed by atoms with Crippen LogP contribution in [0.4, 0.5) is 0 Å². The molecule has 2 rings (SSSR count). The molecule has 0 bridgehead atoms. The Labute approximate surface area is 154 Å². The summed E-state index contributed by atoms with van der Waals surface area (Å²) in [4.78, 5) is 4.25. The molecule has 0 saturated heterocycles. The second-order valence-corrected chi connectivity index (χ2v) is 7.12. The third kappa shape index (κ3) is 6.73. The van der Waals surface area contributed by atoms with E-state index in [1.165, 1.54) is 12.1 Å². The number of sulfonamides is 1. The fourth-order valence-corrected chi connectivity index (χ4v) is 2.70. The minimum absolute atomic E-state index is 0.0992. The Hall–Kier alpha value is -2.58. The van der Waals surface area contributed by atoms with Crippen molar-refractivity contribution in [2.24, 2.45) is 10.1 Å². The van der Waals surface area contributed by atoms with Gasteiger partial charge >= 0.3 is 0 Å². The molecule has 0 radical (unpaired) electrons. The lowest BCUT2D eigenvalue weighted by Gasteiger charge is -2.12. The Bertz CT molecular complexity index is 806. The number of nitrogens with two attached hydrogens (primary N) is 1. The Morgan fingerprint density at radius 1 is 1.08 bits per heavy atom. The van der Waals surface area contributed by atoms with Gasteiger partial charge in [-0.3, -0.25) is 4.99 Å². The molecule has 140 valence electrons. The van der Waals surface area contributed by atoms with E-state index >= 15 is 0 Å². The molecular weight excluding hydrogens is 352 g/mol. The van der Waals surface area contributed by atoms with Crippen molar-refractivity contribution in [3.8, 4) is 5.75 Å². The molecular formula is C18H24N4O3S. The van der Waals surface area contributed by atoms with E-state index in [4.69, 9.17) is 9.88 Å². The minimum atomic E-state index is -3.66. The van der Waals surface area contributed by atoms with Gasteiger partial charge in [-0.25, -0.2) is 13.6 Å². The van der Waals surface area contributed by atoms with Crippen molar-refractivity contribution in [1.82, 2.24) is 10.6 Å². The number of guanidine groups is 1. The predicted molar refractivity (Wildman–Crippen MR) is 103 cm³/mol. The van der Waals surface area contributed by atoms with Gasteiger partial charge in [-0.2, -0.15) is 0 Å². The summed E-state index contributed by atoms with van der Waals surface area (Å²) >= 11 is 0. The molecule has 4 N–H and O–H groups in total. The Morgan fingerprint density at radius 3 is 2.38 bits per heavy atom. The number of benzene rings is 2. The van der Waals surface area contributed by atoms with Gasteiger partial charge in [0.15, 0.2) is 5.96 Å². The molecule has 0 aromatic heterocycles. The molecule has 2 aromatic rings. The van der Waals surface area contributed by atoms with Crippen molar-refractivity contribution in [2.45, 2.75) is 17.9 Å². The Kier molecular flexibility index (Phi) is 7.43. The number of rotatable bonds is 8. The number of aliphatic imine (C=N–C) groups is 1. The van der Waals surface area contributed by atoms with Crippen LogP contribution in [0.3, 0.4) is 0 Å². The number of primary sulfonamides is 1. The monoisotopic (exact) mass is 376 g/mol. The highest BCUT2D eigenvalue weighted by Crippen LogP contribution is 2.09. The van der Waals surface area contributed by atoms with E-state index in [-0.39, 0.29) is 4.90 Å². The first kappa shape index (κ1) is 19.7. The largest absolute Gasteiger partial charge is 0.494 e. The van der Waals surface area contributed by atoms with Crippen LogP contribution >= 0.6 is 0 Å². The smallest absolute Gasteiger partial charge is 0.238 e. The van der Waals surface area contributed by atoms with Crippen LogP contribution in [-0.2, 0) is 16.6 Å². The first-order valence-corrected chi connectivity index (χ1v) is 9.78. The first-order chi connectivity index (χ1) is 12.5. The van der Waals surface area contributed by atoms with Crippen LogP contribution in [0.1, 0.15) is 12.0 Å². The lowest BCUT2D eigenvalue weighted by atomic mass is 10.2. The molecule has 0 spiro atoms. The zero-order chi connectivity index (χ0) is 18.8. The van der Waals surface area contributed by atoms with Crippen LogP contribution in [0.15, 0.2) is 64.5 Å². The van der Waals surface area contributed by atoms with E-state index in [1.807, 2.05) is 30.3 Å². The molecule has 0 atom stereocenters. The molecule has 0 aliphatic carbocycles. The molecule has 2 aromatic carbocycles. The zero-order valence-corrected chi connectivity index (χ0v) is 15.5. The van der Waals surface area contributed by atoms with Gasteiger partial charge in [0.05, 0.1) is 11.5 Å². The standard InChI is InChI=1S/C18H24N4O3S/c1-20-18(21-12-5-13-25-16-6-3-2-4-7-16)22-14-15-8-10-17(11-9-15)26(19,23)24/h2-4,6-11H,5,12-14H2,1H3,(H2,19,23,24)(H2,20,21,22). The van der Waals surface area contributed by atoms with Gasteiger partial charge in [0.2, 0.25) is 10.0 Å². The third-order valence-corrected chi connectivity index (χ3v) is 4.49. The molecule has 0 unspecified atom stereocenters. The SMILES string of the molecule is CN=C(NCCCOc1ccccc1)NCc1ccc(S(N)(=O)=O)cc1. The number of nitrogens with zero attached hydrogens (tertiary/aromatic N) is 1. The molecule has 0 amide bonds. The van der Waals surface area contributed by atoms with Crippen LogP contribution < -0.4 is 20.5 Å². The summed E-state index contributed by atoms with van der Waals surface area (Å²) in [5.74, 6) is 1.53. The summed E-state index contributed by atoms with van der Waals surface area (Å²) in [5.41, 5.74) is 0.924. The van der Waals surface area contributed by atoms with Gasteiger partial charge in [-0.1, -0.05) is 30.3 Å². The lowest BCUT2D eigenvalue weighted by molar-refractivity contribution is 0.311. The number of ether oxygens (including phenoxy) is 1. The van der Waals surface area contributed by atoms with E-state index in [9.17, 15) is 8.42 Å². The molecule has 8 heteroatoms. The number of hydrogen-bond acceptors (Lipinski definition) is 4. The van der Waals surface area contributed by atoms with Gasteiger partial charge < -0.3 is 15.4 Å². The summed E-state index contributed by atoms with van der Waals surface area (Å²) in [6.45, 7) is 1.85. The second kappa shape index (κ2) is 9.79. The summed E-state index contributed by atoms with van der Waals surface area (Å²) in [6.07, 6.45) is 0.832. The molecule has 0 fully saturated rings. The molecule has 0 aliphatic heterocycles. The van der Waals surface area contributed by atoms with Crippen LogP contribution in [0, 0.1) is 0 Å². The van der Waals surface area contributed by atoms with E-state index in [0.717, 1.165) is 24.3 Å². The van der Waals surface area contributed by atoms with Crippen molar-refractivity contribution >= 4 is 16.0 Å². The van der Waals surface area contributed by atoms with Crippen LogP contribution in [0.25, 0.3) is 0 Å². The second-order valence-electron chi connectivity index (χ2n) is 5.56. The van der Waals surface area contributed by atoms with Crippen LogP contribution in [0.2, 0.25) is 0 Å². The maximum atomic E-state index is 11.2. The highest BCUT2D eigenvalue weighted by atomic mass is 32.2. The normalized spacial score (nSPS) is 11.8. The quantitative estimate of drug-likeness (QED) is 0.367. The van der Waals surface area contributed by atoms with Crippen molar-refractivity contribution in [3.05, 3.63) is 60.2 Å². The summed E-state index contributed by atoms with van der Waals surface area (Å²) in [5, 5.41) is 11.5. The van der Waals surface area contributed by atoms with Gasteiger partial charge in [0.1, 0.15) is 5.75 Å². The maximum Gasteiger partial charge on any atom is 0.238 e.